The zero-order valence-corrected chi connectivity index (χ0v) is 18.1. The predicted molar refractivity (Wildman–Crippen MR) is 121 cm³/mol. The number of carbonyl (C=O) groups is 1. The normalized spacial score (nSPS) is 14.5. The number of nitrogens with zero attached hydrogens (tertiary/aromatic N) is 1. The minimum Gasteiger partial charge on any atom is -0.497 e. The zero-order chi connectivity index (χ0) is 21.8. The summed E-state index contributed by atoms with van der Waals surface area (Å²) in [6.07, 6.45) is 3.18. The molecule has 0 radical (unpaired) electrons. The summed E-state index contributed by atoms with van der Waals surface area (Å²) in [5.74, 6) is 0.826. The predicted octanol–water partition coefficient (Wildman–Crippen LogP) is 5.54. The van der Waals surface area contributed by atoms with Crippen molar-refractivity contribution in [2.24, 2.45) is 5.92 Å². The molecule has 0 bridgehead atoms. The molecular weight excluding hydrogens is 393 g/mol. The van der Waals surface area contributed by atoms with Crippen molar-refractivity contribution in [1.29, 1.82) is 0 Å². The topological polar surface area (TPSA) is 38.8 Å². The summed E-state index contributed by atoms with van der Waals surface area (Å²) in [5.41, 5.74) is 2.34. The number of hydrogen-bond acceptors (Lipinski definition) is 3. The molecule has 1 saturated heterocycles. The Bertz CT molecular complexity index is 1080. The van der Waals surface area contributed by atoms with Crippen molar-refractivity contribution in [3.8, 4) is 16.9 Å². The van der Waals surface area contributed by atoms with Gasteiger partial charge in [0.05, 0.1) is 7.11 Å². The first-order valence-corrected chi connectivity index (χ1v) is 10.8. The molecule has 3 aromatic carbocycles. The maximum atomic E-state index is 13.9. The van der Waals surface area contributed by atoms with Gasteiger partial charge < -0.3 is 14.4 Å². The Kier molecular flexibility index (Phi) is 6.52. The molecule has 31 heavy (non-hydrogen) atoms. The van der Waals surface area contributed by atoms with Gasteiger partial charge in [-0.05, 0) is 77.4 Å². The van der Waals surface area contributed by atoms with Crippen molar-refractivity contribution in [2.75, 3.05) is 33.9 Å². The van der Waals surface area contributed by atoms with E-state index >= 15 is 0 Å². The average Bonchev–Trinajstić information content (AvgIpc) is 2.81. The number of rotatable bonds is 6. The lowest BCUT2D eigenvalue weighted by molar-refractivity contribution is 0.0583. The van der Waals surface area contributed by atoms with Crippen LogP contribution in [-0.4, -0.2) is 44.7 Å². The van der Waals surface area contributed by atoms with Crippen LogP contribution in [-0.2, 0) is 4.74 Å². The molecule has 1 heterocycles. The van der Waals surface area contributed by atoms with Crippen LogP contribution >= 0.6 is 0 Å². The Morgan fingerprint density at radius 3 is 2.55 bits per heavy atom. The lowest BCUT2D eigenvalue weighted by Gasteiger charge is -2.25. The van der Waals surface area contributed by atoms with Gasteiger partial charge in [-0.1, -0.05) is 18.2 Å². The summed E-state index contributed by atoms with van der Waals surface area (Å²) >= 11 is 0. The van der Waals surface area contributed by atoms with Crippen LogP contribution in [0.25, 0.3) is 21.9 Å². The lowest BCUT2D eigenvalue weighted by atomic mass is 9.96. The largest absolute Gasteiger partial charge is 0.497 e. The van der Waals surface area contributed by atoms with Gasteiger partial charge in [-0.25, -0.2) is 4.39 Å². The maximum Gasteiger partial charge on any atom is 0.253 e. The van der Waals surface area contributed by atoms with E-state index in [0.717, 1.165) is 60.9 Å². The first-order chi connectivity index (χ1) is 15.0. The number of amides is 1. The molecule has 1 aliphatic heterocycles. The molecule has 0 unspecified atom stereocenters. The Morgan fingerprint density at radius 2 is 1.77 bits per heavy atom. The monoisotopic (exact) mass is 421 g/mol. The van der Waals surface area contributed by atoms with E-state index in [-0.39, 0.29) is 11.7 Å². The molecule has 3 aromatic rings. The number of halogens is 1. The van der Waals surface area contributed by atoms with Crippen molar-refractivity contribution in [3.05, 3.63) is 66.0 Å². The number of carbonyl (C=O) groups excluding carboxylic acids is 1. The van der Waals surface area contributed by atoms with E-state index in [9.17, 15) is 9.18 Å². The number of benzene rings is 3. The Balaban J connectivity index is 1.50. The molecule has 0 atom stereocenters. The highest BCUT2D eigenvalue weighted by molar-refractivity contribution is 5.99. The fraction of sp³-hybridized carbons (Fsp3) is 0.346. The third-order valence-corrected chi connectivity index (χ3v) is 6.09. The van der Waals surface area contributed by atoms with E-state index in [1.165, 1.54) is 19.2 Å². The minimum atomic E-state index is -0.334. The van der Waals surface area contributed by atoms with Crippen molar-refractivity contribution in [1.82, 2.24) is 4.90 Å². The smallest absolute Gasteiger partial charge is 0.253 e. The van der Waals surface area contributed by atoms with Gasteiger partial charge in [0.1, 0.15) is 11.6 Å². The van der Waals surface area contributed by atoms with Crippen LogP contribution in [0.2, 0.25) is 0 Å². The first-order valence-electron chi connectivity index (χ1n) is 10.8. The van der Waals surface area contributed by atoms with Gasteiger partial charge in [-0.15, -0.1) is 0 Å². The van der Waals surface area contributed by atoms with Gasteiger partial charge in [0.25, 0.3) is 5.91 Å². The van der Waals surface area contributed by atoms with Gasteiger partial charge in [-0.2, -0.15) is 0 Å². The molecule has 5 heteroatoms. The van der Waals surface area contributed by atoms with Gasteiger partial charge in [-0.3, -0.25) is 4.79 Å². The minimum absolute atomic E-state index is 0.0351. The molecule has 0 saturated carbocycles. The number of hydrogen-bond donors (Lipinski definition) is 0. The third kappa shape index (κ3) is 5.05. The summed E-state index contributed by atoms with van der Waals surface area (Å²) in [6, 6.07) is 16.3. The van der Waals surface area contributed by atoms with Gasteiger partial charge in [0.2, 0.25) is 0 Å². The summed E-state index contributed by atoms with van der Waals surface area (Å²) in [7, 11) is 3.39. The molecule has 0 aromatic heterocycles. The second-order valence-electron chi connectivity index (χ2n) is 8.23. The van der Waals surface area contributed by atoms with E-state index in [4.69, 9.17) is 9.47 Å². The molecule has 0 aliphatic carbocycles. The fourth-order valence-corrected chi connectivity index (χ4v) is 4.14. The van der Waals surface area contributed by atoms with Crippen LogP contribution in [0.4, 0.5) is 4.39 Å². The van der Waals surface area contributed by atoms with Crippen molar-refractivity contribution < 1.29 is 18.7 Å². The fourth-order valence-electron chi connectivity index (χ4n) is 4.14. The Labute approximate surface area is 182 Å². The van der Waals surface area contributed by atoms with Crippen LogP contribution in [0.5, 0.6) is 5.75 Å². The third-order valence-electron chi connectivity index (χ3n) is 6.09. The summed E-state index contributed by atoms with van der Waals surface area (Å²) in [5, 5.41) is 1.98. The van der Waals surface area contributed by atoms with Crippen LogP contribution in [0.15, 0.2) is 54.6 Å². The number of ether oxygens (including phenoxy) is 2. The van der Waals surface area contributed by atoms with Gasteiger partial charge in [0, 0.05) is 38.4 Å². The lowest BCUT2D eigenvalue weighted by Crippen LogP contribution is -2.30. The van der Waals surface area contributed by atoms with Gasteiger partial charge >= 0.3 is 0 Å². The van der Waals surface area contributed by atoms with Crippen molar-refractivity contribution in [3.63, 3.8) is 0 Å². The molecule has 1 fully saturated rings. The van der Waals surface area contributed by atoms with E-state index in [1.54, 1.807) is 0 Å². The molecular formula is C26H28FNO3. The first kappa shape index (κ1) is 21.3. The number of fused-ring (bicyclic) bond motifs is 1. The maximum absolute atomic E-state index is 13.9. The molecule has 162 valence electrons. The van der Waals surface area contributed by atoms with Crippen molar-refractivity contribution in [2.45, 2.75) is 19.3 Å². The highest BCUT2D eigenvalue weighted by Crippen LogP contribution is 2.29. The van der Waals surface area contributed by atoms with E-state index in [2.05, 4.69) is 0 Å². The standard InChI is InChI=1S/C26H28FNO3/c1-28(10-7-18-8-11-31-12-9-18)26(29)22-6-5-19-13-21(4-3-20(19)14-22)23-15-24(27)17-25(16-23)30-2/h3-6,13-18H,7-12H2,1-2H3. The van der Waals surface area contributed by atoms with Crippen molar-refractivity contribution >= 4 is 16.7 Å². The molecule has 4 rings (SSSR count). The molecule has 0 N–H and O–H groups in total. The molecule has 0 spiro atoms. The highest BCUT2D eigenvalue weighted by atomic mass is 19.1. The van der Waals surface area contributed by atoms with Crippen LogP contribution in [0, 0.1) is 11.7 Å². The molecule has 1 aliphatic rings. The highest BCUT2D eigenvalue weighted by Gasteiger charge is 2.17. The van der Waals surface area contributed by atoms with E-state index in [1.807, 2.05) is 54.4 Å². The second-order valence-corrected chi connectivity index (χ2v) is 8.23. The average molecular weight is 422 g/mol. The van der Waals surface area contributed by atoms with E-state index in [0.29, 0.717) is 17.2 Å². The van der Waals surface area contributed by atoms with Crippen LogP contribution < -0.4 is 4.74 Å². The molecule has 4 nitrogen and oxygen atoms in total. The van der Waals surface area contributed by atoms with Crippen LogP contribution in [0.1, 0.15) is 29.6 Å². The summed E-state index contributed by atoms with van der Waals surface area (Å²) < 4.78 is 24.5. The summed E-state index contributed by atoms with van der Waals surface area (Å²) in [4.78, 5) is 14.7. The zero-order valence-electron chi connectivity index (χ0n) is 18.1. The molecule has 1 amide bonds. The Hall–Kier alpha value is -2.92. The van der Waals surface area contributed by atoms with Crippen LogP contribution in [0.3, 0.4) is 0 Å². The van der Waals surface area contributed by atoms with Gasteiger partial charge in [0.15, 0.2) is 0 Å². The quantitative estimate of drug-likeness (QED) is 0.524. The van der Waals surface area contributed by atoms with E-state index < -0.39 is 0 Å². The Morgan fingerprint density at radius 1 is 1.03 bits per heavy atom. The number of methoxy groups -OCH3 is 1. The SMILES string of the molecule is COc1cc(F)cc(-c2ccc3cc(C(=O)N(C)CCC4CCOCC4)ccc3c2)c1. The summed E-state index contributed by atoms with van der Waals surface area (Å²) in [6.45, 7) is 2.41. The second kappa shape index (κ2) is 9.48.